The van der Waals surface area contributed by atoms with Crippen LogP contribution in [0.25, 0.3) is 0 Å². The van der Waals surface area contributed by atoms with Crippen molar-refractivity contribution in [1.29, 1.82) is 0 Å². The first kappa shape index (κ1) is 14.3. The summed E-state index contributed by atoms with van der Waals surface area (Å²) in [6.45, 7) is 7.03. The van der Waals surface area contributed by atoms with Crippen molar-refractivity contribution in [2.24, 2.45) is 0 Å². The average molecular weight is 327 g/mol. The predicted octanol–water partition coefficient (Wildman–Crippen LogP) is 2.91. The summed E-state index contributed by atoms with van der Waals surface area (Å²) in [6.07, 6.45) is 5.62. The van der Waals surface area contributed by atoms with E-state index < -0.39 is 6.10 Å². The number of rotatable bonds is 5. The van der Waals surface area contributed by atoms with E-state index in [9.17, 15) is 5.11 Å². The lowest BCUT2D eigenvalue weighted by molar-refractivity contribution is 0.204. The minimum Gasteiger partial charge on any atom is -0.382 e. The van der Waals surface area contributed by atoms with Crippen LogP contribution in [-0.2, 0) is 6.54 Å². The van der Waals surface area contributed by atoms with Crippen molar-refractivity contribution in [3.8, 4) is 0 Å². The van der Waals surface area contributed by atoms with Crippen molar-refractivity contribution in [1.82, 2.24) is 19.6 Å². The van der Waals surface area contributed by atoms with E-state index >= 15 is 0 Å². The maximum absolute atomic E-state index is 10.5. The first-order valence-electron chi connectivity index (χ1n) is 6.47. The first-order chi connectivity index (χ1) is 9.04. The minimum atomic E-state index is -0.718. The van der Waals surface area contributed by atoms with Gasteiger partial charge < -0.3 is 5.11 Å². The van der Waals surface area contributed by atoms with E-state index in [2.05, 4.69) is 33.1 Å². The number of nitrogens with zero attached hydrogens (tertiary/aromatic N) is 4. The molecule has 1 atom stereocenters. The molecule has 2 aromatic rings. The lowest BCUT2D eigenvalue weighted by Gasteiger charge is -2.15. The Morgan fingerprint density at radius 3 is 2.68 bits per heavy atom. The molecule has 19 heavy (non-hydrogen) atoms. The Labute approximate surface area is 121 Å². The third-order valence-corrected chi connectivity index (χ3v) is 3.57. The molecule has 1 unspecified atom stereocenters. The molecular weight excluding hydrogens is 308 g/mol. The molecule has 0 radical (unpaired) electrons. The van der Waals surface area contributed by atoms with E-state index in [-0.39, 0.29) is 6.04 Å². The highest BCUT2D eigenvalue weighted by molar-refractivity contribution is 9.10. The van der Waals surface area contributed by atoms with Crippen LogP contribution in [0.1, 0.15) is 50.6 Å². The number of hydrogen-bond acceptors (Lipinski definition) is 3. The van der Waals surface area contributed by atoms with Crippen LogP contribution in [-0.4, -0.2) is 24.7 Å². The third-order valence-electron chi connectivity index (χ3n) is 2.96. The number of aliphatic hydroxyl groups excluding tert-OH is 1. The molecule has 0 aliphatic heterocycles. The van der Waals surface area contributed by atoms with Crippen LogP contribution in [0.15, 0.2) is 23.1 Å². The summed E-state index contributed by atoms with van der Waals surface area (Å²) in [5.41, 5.74) is 1.56. The molecule has 2 heterocycles. The number of halogens is 1. The summed E-state index contributed by atoms with van der Waals surface area (Å²) in [5.74, 6) is 0. The quantitative estimate of drug-likeness (QED) is 0.919. The largest absolute Gasteiger partial charge is 0.382 e. The summed E-state index contributed by atoms with van der Waals surface area (Å²) >= 11 is 3.45. The maximum Gasteiger partial charge on any atom is 0.125 e. The van der Waals surface area contributed by atoms with Gasteiger partial charge in [0.25, 0.3) is 0 Å². The summed E-state index contributed by atoms with van der Waals surface area (Å²) in [7, 11) is 0. The molecule has 1 N–H and O–H groups in total. The fourth-order valence-electron chi connectivity index (χ4n) is 2.05. The molecule has 104 valence electrons. The molecule has 0 aliphatic rings. The Kier molecular flexibility index (Phi) is 4.42. The van der Waals surface area contributed by atoms with Gasteiger partial charge in [-0.15, -0.1) is 0 Å². The van der Waals surface area contributed by atoms with Gasteiger partial charge in [-0.2, -0.15) is 10.2 Å². The Morgan fingerprint density at radius 1 is 1.32 bits per heavy atom. The zero-order valence-electron chi connectivity index (χ0n) is 11.4. The zero-order valence-corrected chi connectivity index (χ0v) is 13.0. The van der Waals surface area contributed by atoms with E-state index in [1.807, 2.05) is 29.4 Å². The van der Waals surface area contributed by atoms with Crippen molar-refractivity contribution < 1.29 is 5.11 Å². The number of hydrogen-bond donors (Lipinski definition) is 1. The van der Waals surface area contributed by atoms with Gasteiger partial charge in [0.1, 0.15) is 6.10 Å². The van der Waals surface area contributed by atoms with Gasteiger partial charge in [-0.1, -0.05) is 6.92 Å². The van der Waals surface area contributed by atoms with E-state index in [0.29, 0.717) is 0 Å². The molecule has 0 amide bonds. The first-order valence-corrected chi connectivity index (χ1v) is 7.27. The Morgan fingerprint density at radius 2 is 2.05 bits per heavy atom. The Bertz CT molecular complexity index is 547. The number of aromatic nitrogens is 4. The fourth-order valence-corrected chi connectivity index (χ4v) is 2.54. The smallest absolute Gasteiger partial charge is 0.125 e. The van der Waals surface area contributed by atoms with Crippen LogP contribution in [0.5, 0.6) is 0 Å². The van der Waals surface area contributed by atoms with Crippen molar-refractivity contribution in [2.75, 3.05) is 0 Å². The van der Waals surface area contributed by atoms with E-state index in [4.69, 9.17) is 0 Å². The molecule has 0 fully saturated rings. The highest BCUT2D eigenvalue weighted by Gasteiger charge is 2.22. The lowest BCUT2D eigenvalue weighted by atomic mass is 10.1. The summed E-state index contributed by atoms with van der Waals surface area (Å²) < 4.78 is 4.49. The molecule has 0 bridgehead atoms. The van der Waals surface area contributed by atoms with Crippen LogP contribution in [0, 0.1) is 0 Å². The molecule has 0 spiro atoms. The second-order valence-corrected chi connectivity index (χ2v) is 5.71. The molecule has 0 aromatic carbocycles. The average Bonchev–Trinajstić information content (AvgIpc) is 2.95. The zero-order chi connectivity index (χ0) is 14.0. The SMILES string of the molecule is CCCn1cc(C(O)c2c(Br)cnn2C(C)C)cn1. The highest BCUT2D eigenvalue weighted by atomic mass is 79.9. The fraction of sp³-hybridized carbons (Fsp3) is 0.538. The minimum absolute atomic E-state index is 0.196. The normalized spacial score (nSPS) is 13.2. The van der Waals surface area contributed by atoms with Gasteiger partial charge in [0.2, 0.25) is 0 Å². The van der Waals surface area contributed by atoms with Crippen LogP contribution >= 0.6 is 15.9 Å². The van der Waals surface area contributed by atoms with Crippen molar-refractivity contribution in [2.45, 2.75) is 45.9 Å². The van der Waals surface area contributed by atoms with Crippen LogP contribution < -0.4 is 0 Å². The molecule has 5 nitrogen and oxygen atoms in total. The van der Waals surface area contributed by atoms with Crippen molar-refractivity contribution in [3.05, 3.63) is 34.3 Å². The Balaban J connectivity index is 2.32. The lowest BCUT2D eigenvalue weighted by Crippen LogP contribution is -2.12. The number of aryl methyl sites for hydroxylation is 1. The van der Waals surface area contributed by atoms with Gasteiger partial charge in [-0.25, -0.2) is 0 Å². The van der Waals surface area contributed by atoms with Gasteiger partial charge in [-0.05, 0) is 36.2 Å². The van der Waals surface area contributed by atoms with Gasteiger partial charge in [0.15, 0.2) is 0 Å². The Hall–Kier alpha value is -1.14. The second-order valence-electron chi connectivity index (χ2n) is 4.86. The van der Waals surface area contributed by atoms with Gasteiger partial charge in [0.05, 0.1) is 22.6 Å². The highest BCUT2D eigenvalue weighted by Crippen LogP contribution is 2.30. The van der Waals surface area contributed by atoms with Crippen molar-refractivity contribution >= 4 is 15.9 Å². The van der Waals surface area contributed by atoms with Crippen molar-refractivity contribution in [3.63, 3.8) is 0 Å². The standard InChI is InChI=1S/C13H19BrN4O/c1-4-5-17-8-10(6-15-17)13(19)12-11(14)7-16-18(12)9(2)3/h6-9,13,19H,4-5H2,1-3H3. The summed E-state index contributed by atoms with van der Waals surface area (Å²) in [6, 6.07) is 0.196. The van der Waals surface area contributed by atoms with E-state index in [1.54, 1.807) is 12.4 Å². The van der Waals surface area contributed by atoms with E-state index in [1.165, 1.54) is 0 Å². The van der Waals surface area contributed by atoms with Crippen LogP contribution in [0.2, 0.25) is 0 Å². The predicted molar refractivity (Wildman–Crippen MR) is 76.9 cm³/mol. The molecule has 0 saturated heterocycles. The van der Waals surface area contributed by atoms with Crippen LogP contribution in [0.4, 0.5) is 0 Å². The summed E-state index contributed by atoms with van der Waals surface area (Å²) in [4.78, 5) is 0. The van der Waals surface area contributed by atoms with Crippen LogP contribution in [0.3, 0.4) is 0 Å². The molecular formula is C13H19BrN4O. The van der Waals surface area contributed by atoms with E-state index in [0.717, 1.165) is 28.7 Å². The molecule has 6 heteroatoms. The molecule has 0 saturated carbocycles. The maximum atomic E-state index is 10.5. The van der Waals surface area contributed by atoms with Gasteiger partial charge in [0, 0.05) is 24.3 Å². The molecule has 2 aromatic heterocycles. The molecule has 2 rings (SSSR count). The monoisotopic (exact) mass is 326 g/mol. The summed E-state index contributed by atoms with van der Waals surface area (Å²) in [5, 5.41) is 19.1. The third kappa shape index (κ3) is 2.90. The molecule has 0 aliphatic carbocycles. The second kappa shape index (κ2) is 5.88. The number of aliphatic hydroxyl groups is 1. The van der Waals surface area contributed by atoms with Gasteiger partial charge >= 0.3 is 0 Å². The topological polar surface area (TPSA) is 55.9 Å². The van der Waals surface area contributed by atoms with Gasteiger partial charge in [-0.3, -0.25) is 9.36 Å².